The minimum atomic E-state index is -0.415. The summed E-state index contributed by atoms with van der Waals surface area (Å²) in [7, 11) is 0. The van der Waals surface area contributed by atoms with E-state index in [2.05, 4.69) is 21.7 Å². The number of anilines is 1. The summed E-state index contributed by atoms with van der Waals surface area (Å²) in [6.45, 7) is 4.08. The van der Waals surface area contributed by atoms with E-state index in [1.807, 2.05) is 44.2 Å². The van der Waals surface area contributed by atoms with Crippen LogP contribution < -0.4 is 10.6 Å². The number of amides is 1. The first kappa shape index (κ1) is 17.9. The van der Waals surface area contributed by atoms with Crippen molar-refractivity contribution in [3.05, 3.63) is 71.7 Å². The van der Waals surface area contributed by atoms with E-state index in [1.54, 1.807) is 12.1 Å². The van der Waals surface area contributed by atoms with Crippen molar-refractivity contribution in [3.63, 3.8) is 0 Å². The molecule has 0 fully saturated rings. The number of carbonyl (C=O) groups excluding carboxylic acids is 1. The normalized spacial score (nSPS) is 10.8. The Morgan fingerprint density at radius 1 is 1.07 bits per heavy atom. The van der Waals surface area contributed by atoms with Gasteiger partial charge in [0.15, 0.2) is 16.5 Å². The monoisotopic (exact) mass is 391 g/mol. The van der Waals surface area contributed by atoms with Gasteiger partial charge in [-0.15, -0.1) is 0 Å². The summed E-state index contributed by atoms with van der Waals surface area (Å²) in [6.07, 6.45) is 1.43. The van der Waals surface area contributed by atoms with Crippen molar-refractivity contribution in [3.8, 4) is 11.5 Å². The van der Waals surface area contributed by atoms with Gasteiger partial charge in [-0.25, -0.2) is 4.98 Å². The van der Waals surface area contributed by atoms with Crippen LogP contribution in [0.3, 0.4) is 0 Å². The van der Waals surface area contributed by atoms with Crippen molar-refractivity contribution in [1.82, 2.24) is 10.3 Å². The zero-order valence-corrected chi connectivity index (χ0v) is 16.1. The van der Waals surface area contributed by atoms with E-state index in [4.69, 9.17) is 21.1 Å². The molecule has 0 saturated carbocycles. The number of nitrogens with one attached hydrogen (secondary N) is 2. The smallest absolute Gasteiger partial charge is 0.293 e. The van der Waals surface area contributed by atoms with Gasteiger partial charge in [-0.1, -0.05) is 17.2 Å². The third-order valence-electron chi connectivity index (χ3n) is 4.09. The maximum atomic E-state index is 12.0. The SMILES string of the molecule is Cc1cc(C)cc(-c2nc3cc(NC(=S)NC(=O)c4ccco4)ccc3o2)c1. The van der Waals surface area contributed by atoms with Crippen molar-refractivity contribution in [2.45, 2.75) is 13.8 Å². The van der Waals surface area contributed by atoms with Crippen molar-refractivity contribution >= 4 is 40.0 Å². The van der Waals surface area contributed by atoms with Gasteiger partial charge in [0, 0.05) is 11.3 Å². The van der Waals surface area contributed by atoms with E-state index < -0.39 is 5.91 Å². The van der Waals surface area contributed by atoms with E-state index in [-0.39, 0.29) is 10.9 Å². The summed E-state index contributed by atoms with van der Waals surface area (Å²) in [4.78, 5) is 16.6. The molecule has 2 aromatic heterocycles. The third kappa shape index (κ3) is 3.79. The zero-order valence-electron chi connectivity index (χ0n) is 15.3. The van der Waals surface area contributed by atoms with Gasteiger partial charge < -0.3 is 14.2 Å². The molecular formula is C21H17N3O3S. The molecule has 2 heterocycles. The molecule has 0 spiro atoms. The topological polar surface area (TPSA) is 80.3 Å². The predicted molar refractivity (Wildman–Crippen MR) is 111 cm³/mol. The van der Waals surface area contributed by atoms with Gasteiger partial charge in [0.2, 0.25) is 5.89 Å². The Kier molecular flexibility index (Phi) is 4.67. The van der Waals surface area contributed by atoms with Gasteiger partial charge in [-0.3, -0.25) is 10.1 Å². The molecule has 140 valence electrons. The standard InChI is InChI=1S/C21H17N3O3S/c1-12-8-13(2)10-14(9-12)20-23-16-11-15(5-6-17(16)27-20)22-21(28)24-19(25)18-4-3-7-26-18/h3-11H,1-2H3,(H2,22,24,25,28). The highest BCUT2D eigenvalue weighted by atomic mass is 32.1. The van der Waals surface area contributed by atoms with Crippen molar-refractivity contribution in [2.24, 2.45) is 0 Å². The van der Waals surface area contributed by atoms with Crippen molar-refractivity contribution < 1.29 is 13.6 Å². The molecule has 0 bridgehead atoms. The second-order valence-corrected chi connectivity index (χ2v) is 6.87. The van der Waals surface area contributed by atoms with E-state index in [0.717, 1.165) is 16.7 Å². The Morgan fingerprint density at radius 2 is 1.86 bits per heavy atom. The fraction of sp³-hybridized carbons (Fsp3) is 0.0952. The molecule has 7 heteroatoms. The maximum absolute atomic E-state index is 12.0. The molecule has 2 N–H and O–H groups in total. The highest BCUT2D eigenvalue weighted by Crippen LogP contribution is 2.27. The van der Waals surface area contributed by atoms with Crippen LogP contribution in [-0.4, -0.2) is 16.0 Å². The van der Waals surface area contributed by atoms with Gasteiger partial charge in [0.1, 0.15) is 5.52 Å². The molecule has 0 aliphatic heterocycles. The molecule has 0 unspecified atom stereocenters. The van der Waals surface area contributed by atoms with Gasteiger partial charge in [-0.05, 0) is 68.5 Å². The number of furan rings is 1. The lowest BCUT2D eigenvalue weighted by molar-refractivity contribution is 0.0950. The van der Waals surface area contributed by atoms with E-state index in [9.17, 15) is 4.79 Å². The number of hydrogen-bond donors (Lipinski definition) is 2. The molecule has 0 saturated heterocycles. The number of oxazole rings is 1. The molecule has 0 aliphatic carbocycles. The lowest BCUT2D eigenvalue weighted by Crippen LogP contribution is -2.33. The fourth-order valence-electron chi connectivity index (χ4n) is 2.96. The number of aryl methyl sites for hydroxylation is 2. The maximum Gasteiger partial charge on any atom is 0.293 e. The predicted octanol–water partition coefficient (Wildman–Crippen LogP) is 4.83. The molecule has 28 heavy (non-hydrogen) atoms. The largest absolute Gasteiger partial charge is 0.459 e. The average Bonchev–Trinajstić information content (AvgIpc) is 3.30. The lowest BCUT2D eigenvalue weighted by atomic mass is 10.1. The first-order chi connectivity index (χ1) is 13.5. The minimum absolute atomic E-state index is 0.166. The first-order valence-electron chi connectivity index (χ1n) is 8.63. The second kappa shape index (κ2) is 7.28. The number of rotatable bonds is 3. The molecule has 0 aliphatic rings. The fourth-order valence-corrected chi connectivity index (χ4v) is 3.17. The van der Waals surface area contributed by atoms with Crippen LogP contribution in [0.5, 0.6) is 0 Å². The summed E-state index contributed by atoms with van der Waals surface area (Å²) < 4.78 is 10.9. The number of nitrogens with zero attached hydrogens (tertiary/aromatic N) is 1. The highest BCUT2D eigenvalue weighted by Gasteiger charge is 2.12. The number of carbonyl (C=O) groups is 1. The van der Waals surface area contributed by atoms with E-state index in [1.165, 1.54) is 6.26 Å². The molecule has 0 atom stereocenters. The van der Waals surface area contributed by atoms with Gasteiger partial charge in [0.25, 0.3) is 5.91 Å². The van der Waals surface area contributed by atoms with Crippen LogP contribution in [0.25, 0.3) is 22.6 Å². The Bertz CT molecular complexity index is 1160. The van der Waals surface area contributed by atoms with Crippen LogP contribution in [-0.2, 0) is 0 Å². The van der Waals surface area contributed by atoms with Crippen LogP contribution >= 0.6 is 12.2 Å². The molecule has 0 radical (unpaired) electrons. The molecule has 2 aromatic carbocycles. The van der Waals surface area contributed by atoms with Crippen LogP contribution in [0.15, 0.2) is 63.6 Å². The molecule has 4 aromatic rings. The summed E-state index contributed by atoms with van der Waals surface area (Å²) in [5.41, 5.74) is 5.29. The van der Waals surface area contributed by atoms with Crippen LogP contribution in [0, 0.1) is 13.8 Å². The molecule has 6 nitrogen and oxygen atoms in total. The van der Waals surface area contributed by atoms with Gasteiger partial charge >= 0.3 is 0 Å². The molecular weight excluding hydrogens is 374 g/mol. The number of benzene rings is 2. The van der Waals surface area contributed by atoms with Gasteiger partial charge in [-0.2, -0.15) is 0 Å². The lowest BCUT2D eigenvalue weighted by Gasteiger charge is -2.08. The minimum Gasteiger partial charge on any atom is -0.459 e. The Hall–Kier alpha value is -3.45. The number of hydrogen-bond acceptors (Lipinski definition) is 5. The Labute approximate surface area is 166 Å². The number of thiocarbonyl (C=S) groups is 1. The average molecular weight is 391 g/mol. The molecule has 1 amide bonds. The Morgan fingerprint density at radius 3 is 2.57 bits per heavy atom. The van der Waals surface area contributed by atoms with Crippen LogP contribution in [0.1, 0.15) is 21.7 Å². The van der Waals surface area contributed by atoms with Crippen LogP contribution in [0.2, 0.25) is 0 Å². The highest BCUT2D eigenvalue weighted by molar-refractivity contribution is 7.80. The number of aromatic nitrogens is 1. The summed E-state index contributed by atoms with van der Waals surface area (Å²) >= 11 is 5.19. The van der Waals surface area contributed by atoms with E-state index >= 15 is 0 Å². The summed E-state index contributed by atoms with van der Waals surface area (Å²) in [5.74, 6) is 0.337. The van der Waals surface area contributed by atoms with Gasteiger partial charge in [0.05, 0.1) is 6.26 Å². The molecule has 4 rings (SSSR count). The zero-order chi connectivity index (χ0) is 19.7. The number of fused-ring (bicyclic) bond motifs is 1. The van der Waals surface area contributed by atoms with Crippen LogP contribution in [0.4, 0.5) is 5.69 Å². The van der Waals surface area contributed by atoms with E-state index in [0.29, 0.717) is 22.7 Å². The van der Waals surface area contributed by atoms with Crippen molar-refractivity contribution in [2.75, 3.05) is 5.32 Å². The Balaban J connectivity index is 1.53. The summed E-state index contributed by atoms with van der Waals surface area (Å²) in [6, 6.07) is 14.8. The summed E-state index contributed by atoms with van der Waals surface area (Å²) in [5, 5.41) is 5.70. The first-order valence-corrected chi connectivity index (χ1v) is 9.04. The third-order valence-corrected chi connectivity index (χ3v) is 4.29. The second-order valence-electron chi connectivity index (χ2n) is 6.46. The quantitative estimate of drug-likeness (QED) is 0.487. The van der Waals surface area contributed by atoms with Crippen molar-refractivity contribution in [1.29, 1.82) is 0 Å².